The van der Waals surface area contributed by atoms with Gasteiger partial charge < -0.3 is 15.2 Å². The van der Waals surface area contributed by atoms with E-state index in [-0.39, 0.29) is 35.5 Å². The maximum Gasteiger partial charge on any atom is 0.261 e. The summed E-state index contributed by atoms with van der Waals surface area (Å²) in [7, 11) is 0. The Morgan fingerprint density at radius 1 is 1.10 bits per heavy atom. The number of halogens is 1. The van der Waals surface area contributed by atoms with E-state index >= 15 is 0 Å². The van der Waals surface area contributed by atoms with Gasteiger partial charge in [0.25, 0.3) is 11.5 Å². The van der Waals surface area contributed by atoms with Crippen LogP contribution in [0.4, 0.5) is 0 Å². The number of hydrogen-bond donors (Lipinski definition) is 2. The first-order valence-electron chi connectivity index (χ1n) is 9.76. The van der Waals surface area contributed by atoms with Gasteiger partial charge in [0.1, 0.15) is 5.56 Å². The predicted octanol–water partition coefficient (Wildman–Crippen LogP) is 3.13. The smallest absolute Gasteiger partial charge is 0.261 e. The Morgan fingerprint density at radius 2 is 1.93 bits per heavy atom. The lowest BCUT2D eigenvalue weighted by Crippen LogP contribution is -2.42. The van der Waals surface area contributed by atoms with E-state index in [9.17, 15) is 9.59 Å². The van der Waals surface area contributed by atoms with Crippen LogP contribution in [0.3, 0.4) is 0 Å². The highest BCUT2D eigenvalue weighted by molar-refractivity contribution is 5.97. The first-order valence-corrected chi connectivity index (χ1v) is 9.76. The van der Waals surface area contributed by atoms with E-state index in [4.69, 9.17) is 0 Å². The molecule has 1 aliphatic heterocycles. The first-order chi connectivity index (χ1) is 13.7. The van der Waals surface area contributed by atoms with Gasteiger partial charge in [-0.05, 0) is 62.0 Å². The highest BCUT2D eigenvalue weighted by Gasteiger charge is 2.27. The molecule has 0 radical (unpaired) electrons. The molecule has 1 unspecified atom stereocenters. The van der Waals surface area contributed by atoms with E-state index in [1.54, 1.807) is 12.3 Å². The molecule has 152 valence electrons. The van der Waals surface area contributed by atoms with Crippen molar-refractivity contribution >= 4 is 29.2 Å². The molecule has 2 N–H and O–H groups in total. The fourth-order valence-electron chi connectivity index (χ4n) is 3.81. The van der Waals surface area contributed by atoms with Gasteiger partial charge in [-0.15, -0.1) is 12.4 Å². The van der Waals surface area contributed by atoms with Crippen LogP contribution in [0.15, 0.2) is 59.5 Å². The fourth-order valence-corrected chi connectivity index (χ4v) is 3.81. The second kappa shape index (κ2) is 9.67. The summed E-state index contributed by atoms with van der Waals surface area (Å²) in [6.45, 7) is 2.22. The topological polar surface area (TPSA) is 78.1 Å². The maximum atomic E-state index is 13.5. The van der Waals surface area contributed by atoms with Gasteiger partial charge in [0.05, 0.1) is 12.2 Å². The van der Waals surface area contributed by atoms with Gasteiger partial charge in [0.2, 0.25) is 0 Å². The van der Waals surface area contributed by atoms with E-state index < -0.39 is 0 Å². The summed E-state index contributed by atoms with van der Waals surface area (Å²) in [5, 5.41) is 4.24. The Hall–Kier alpha value is -2.70. The number of fused-ring (bicyclic) bond motifs is 1. The van der Waals surface area contributed by atoms with Gasteiger partial charge >= 0.3 is 0 Å². The minimum atomic E-state index is -0.346. The molecule has 0 bridgehead atoms. The maximum absolute atomic E-state index is 13.5. The molecule has 0 aliphatic carbocycles. The second-order valence-electron chi connectivity index (χ2n) is 7.19. The summed E-state index contributed by atoms with van der Waals surface area (Å²) in [6, 6.07) is 15.0. The SMILES string of the molecule is Cl.O=C(c1cc2ccccc2[nH]c1=O)N(Cc1ccccn1)C1CCCNCC1. The molecule has 1 fully saturated rings. The van der Waals surface area contributed by atoms with Crippen LogP contribution in [-0.2, 0) is 6.54 Å². The van der Waals surface area contributed by atoms with Crippen LogP contribution in [0.25, 0.3) is 10.9 Å². The van der Waals surface area contributed by atoms with Gasteiger partial charge in [0, 0.05) is 17.8 Å². The summed E-state index contributed by atoms with van der Waals surface area (Å²) in [6.07, 6.45) is 4.52. The number of nitrogens with one attached hydrogen (secondary N) is 2. The number of aromatic nitrogens is 2. The lowest BCUT2D eigenvalue weighted by molar-refractivity contribution is 0.0640. The van der Waals surface area contributed by atoms with Crippen molar-refractivity contribution < 1.29 is 4.79 Å². The molecule has 0 spiro atoms. The Kier molecular flexibility index (Phi) is 7.01. The minimum Gasteiger partial charge on any atom is -0.330 e. The molecule has 6 nitrogen and oxygen atoms in total. The molecular weight excluding hydrogens is 388 g/mol. The number of pyridine rings is 2. The van der Waals surface area contributed by atoms with Crippen molar-refractivity contribution in [2.75, 3.05) is 13.1 Å². The number of amides is 1. The molecule has 3 heterocycles. The van der Waals surface area contributed by atoms with Crippen molar-refractivity contribution in [2.24, 2.45) is 0 Å². The molecule has 1 amide bonds. The molecule has 7 heteroatoms. The molecular formula is C22H25ClN4O2. The third-order valence-corrected chi connectivity index (χ3v) is 5.29. The van der Waals surface area contributed by atoms with Gasteiger partial charge in [-0.3, -0.25) is 14.6 Å². The van der Waals surface area contributed by atoms with Crippen LogP contribution >= 0.6 is 12.4 Å². The Labute approximate surface area is 175 Å². The third kappa shape index (κ3) is 4.83. The van der Waals surface area contributed by atoms with E-state index in [0.717, 1.165) is 48.9 Å². The molecule has 3 aromatic rings. The number of carbonyl (C=O) groups is 1. The Balaban J connectivity index is 0.00000240. The van der Waals surface area contributed by atoms with Gasteiger partial charge in [0.15, 0.2) is 0 Å². The number of benzene rings is 1. The molecule has 0 saturated carbocycles. The van der Waals surface area contributed by atoms with E-state index in [1.165, 1.54) is 0 Å². The highest BCUT2D eigenvalue weighted by Crippen LogP contribution is 2.20. The molecule has 4 rings (SSSR count). The van der Waals surface area contributed by atoms with E-state index in [2.05, 4.69) is 15.3 Å². The van der Waals surface area contributed by atoms with Gasteiger partial charge in [-0.1, -0.05) is 24.3 Å². The number of para-hydroxylation sites is 1. The van der Waals surface area contributed by atoms with Crippen LogP contribution in [0, 0.1) is 0 Å². The molecule has 1 atom stereocenters. The monoisotopic (exact) mass is 412 g/mol. The van der Waals surface area contributed by atoms with Gasteiger partial charge in [-0.25, -0.2) is 0 Å². The van der Waals surface area contributed by atoms with E-state index in [1.807, 2.05) is 47.4 Å². The molecule has 1 aliphatic rings. The standard InChI is InChI=1S/C22H24N4O2.ClH/c27-21-19(14-16-6-1-2-9-20(16)25-21)22(28)26(15-17-7-3-4-12-24-17)18-8-5-11-23-13-10-18;/h1-4,6-7,9,12,14,18,23H,5,8,10-11,13,15H2,(H,25,27);1H. The average molecular weight is 413 g/mol. The molecule has 2 aromatic heterocycles. The fraction of sp³-hybridized carbons (Fsp3) is 0.318. The second-order valence-corrected chi connectivity index (χ2v) is 7.19. The first kappa shape index (κ1) is 21.0. The molecule has 1 saturated heterocycles. The van der Waals surface area contributed by atoms with Crippen molar-refractivity contribution in [1.82, 2.24) is 20.2 Å². The zero-order valence-electron chi connectivity index (χ0n) is 16.1. The van der Waals surface area contributed by atoms with Crippen LogP contribution in [-0.4, -0.2) is 39.9 Å². The van der Waals surface area contributed by atoms with Crippen LogP contribution in [0.5, 0.6) is 0 Å². The van der Waals surface area contributed by atoms with Gasteiger partial charge in [-0.2, -0.15) is 0 Å². The number of hydrogen-bond acceptors (Lipinski definition) is 4. The number of nitrogens with zero attached hydrogens (tertiary/aromatic N) is 2. The Bertz CT molecular complexity index is 1010. The highest BCUT2D eigenvalue weighted by atomic mass is 35.5. The average Bonchev–Trinajstić information content (AvgIpc) is 3.01. The third-order valence-electron chi connectivity index (χ3n) is 5.29. The van der Waals surface area contributed by atoms with Crippen LogP contribution in [0.1, 0.15) is 35.3 Å². The van der Waals surface area contributed by atoms with Crippen molar-refractivity contribution in [3.63, 3.8) is 0 Å². The number of H-pyrrole nitrogens is 1. The summed E-state index contributed by atoms with van der Waals surface area (Å²) >= 11 is 0. The largest absolute Gasteiger partial charge is 0.330 e. The van der Waals surface area contributed by atoms with Crippen molar-refractivity contribution in [1.29, 1.82) is 0 Å². The van der Waals surface area contributed by atoms with Crippen LogP contribution in [0.2, 0.25) is 0 Å². The number of aromatic amines is 1. The zero-order chi connectivity index (χ0) is 19.3. The Morgan fingerprint density at radius 3 is 2.76 bits per heavy atom. The van der Waals surface area contributed by atoms with Crippen molar-refractivity contribution in [2.45, 2.75) is 31.8 Å². The van der Waals surface area contributed by atoms with Crippen molar-refractivity contribution in [3.8, 4) is 0 Å². The van der Waals surface area contributed by atoms with Crippen molar-refractivity contribution in [3.05, 3.63) is 76.3 Å². The summed E-state index contributed by atoms with van der Waals surface area (Å²) in [5.41, 5.74) is 1.40. The lowest BCUT2D eigenvalue weighted by Gasteiger charge is -2.31. The molecule has 1 aromatic carbocycles. The normalized spacial score (nSPS) is 16.6. The zero-order valence-corrected chi connectivity index (χ0v) is 17.0. The number of carbonyl (C=O) groups excluding carboxylic acids is 1. The summed E-state index contributed by atoms with van der Waals surface area (Å²) < 4.78 is 0. The number of rotatable bonds is 4. The predicted molar refractivity (Wildman–Crippen MR) is 116 cm³/mol. The quantitative estimate of drug-likeness (QED) is 0.690. The summed E-state index contributed by atoms with van der Waals surface area (Å²) in [4.78, 5) is 35.2. The van der Waals surface area contributed by atoms with Crippen LogP contribution < -0.4 is 10.9 Å². The lowest BCUT2D eigenvalue weighted by atomic mass is 10.0. The molecule has 29 heavy (non-hydrogen) atoms. The minimum absolute atomic E-state index is 0. The summed E-state index contributed by atoms with van der Waals surface area (Å²) in [5.74, 6) is -0.232. The van der Waals surface area contributed by atoms with E-state index in [0.29, 0.717) is 6.54 Å².